The lowest BCUT2D eigenvalue weighted by molar-refractivity contribution is 0.336. The van der Waals surface area contributed by atoms with Gasteiger partial charge in [-0.3, -0.25) is 0 Å². The molecule has 1 heterocycles. The quantitative estimate of drug-likeness (QED) is 0.831. The summed E-state index contributed by atoms with van der Waals surface area (Å²) >= 11 is 0. The normalized spacial score (nSPS) is 25.4. The monoisotopic (exact) mass is 219 g/mol. The van der Waals surface area contributed by atoms with E-state index in [4.69, 9.17) is 5.73 Å². The van der Waals surface area contributed by atoms with Crippen LogP contribution in [0.1, 0.15) is 32.6 Å². The largest absolute Gasteiger partial charge is 0.384 e. The molecule has 3 heteroatoms. The zero-order chi connectivity index (χ0) is 11.5. The zero-order valence-electron chi connectivity index (χ0n) is 10.2. The summed E-state index contributed by atoms with van der Waals surface area (Å²) in [6, 6.07) is 4.59. The van der Waals surface area contributed by atoms with Gasteiger partial charge in [0.2, 0.25) is 0 Å². The van der Waals surface area contributed by atoms with Crippen LogP contribution < -0.4 is 10.6 Å². The van der Waals surface area contributed by atoms with E-state index in [1.165, 1.54) is 31.4 Å². The minimum Gasteiger partial charge on any atom is -0.384 e. The molecule has 1 fully saturated rings. The lowest BCUT2D eigenvalue weighted by Gasteiger charge is -2.35. The molecule has 2 N–H and O–H groups in total. The van der Waals surface area contributed by atoms with Gasteiger partial charge < -0.3 is 10.6 Å². The maximum Gasteiger partial charge on any atom is 0.123 e. The molecular formula is C13H21N3. The van der Waals surface area contributed by atoms with Gasteiger partial charge in [-0.15, -0.1) is 0 Å². The van der Waals surface area contributed by atoms with E-state index in [1.54, 1.807) is 0 Å². The summed E-state index contributed by atoms with van der Waals surface area (Å²) in [7, 11) is 2.16. The summed E-state index contributed by atoms with van der Waals surface area (Å²) in [5.41, 5.74) is 6.77. The van der Waals surface area contributed by atoms with Crippen LogP contribution in [0.4, 0.5) is 11.5 Å². The molecule has 1 aliphatic carbocycles. The Morgan fingerprint density at radius 1 is 1.38 bits per heavy atom. The minimum atomic E-state index is 0.592. The summed E-state index contributed by atoms with van der Waals surface area (Å²) in [6.07, 6.45) is 7.18. The third-order valence-electron chi connectivity index (χ3n) is 3.63. The highest BCUT2D eigenvalue weighted by Crippen LogP contribution is 2.29. The van der Waals surface area contributed by atoms with E-state index >= 15 is 0 Å². The highest BCUT2D eigenvalue weighted by molar-refractivity contribution is 5.48. The number of nitrogens with zero attached hydrogens (tertiary/aromatic N) is 2. The van der Waals surface area contributed by atoms with Crippen LogP contribution in [0, 0.1) is 5.92 Å². The lowest BCUT2D eigenvalue weighted by Crippen LogP contribution is -2.35. The minimum absolute atomic E-state index is 0.592. The molecule has 1 aromatic rings. The molecule has 2 unspecified atom stereocenters. The maximum absolute atomic E-state index is 5.60. The number of pyridine rings is 1. The van der Waals surface area contributed by atoms with Crippen molar-refractivity contribution in [2.75, 3.05) is 17.7 Å². The Morgan fingerprint density at radius 2 is 2.19 bits per heavy atom. The van der Waals surface area contributed by atoms with Gasteiger partial charge in [-0.2, -0.15) is 0 Å². The number of aromatic nitrogens is 1. The highest BCUT2D eigenvalue weighted by Gasteiger charge is 2.22. The summed E-state index contributed by atoms with van der Waals surface area (Å²) in [5.74, 6) is 1.44. The van der Waals surface area contributed by atoms with Crippen LogP contribution in [0.2, 0.25) is 0 Å². The first-order chi connectivity index (χ1) is 7.66. The second-order valence-corrected chi connectivity index (χ2v) is 4.98. The van der Waals surface area contributed by atoms with Gasteiger partial charge in [0, 0.05) is 13.1 Å². The van der Waals surface area contributed by atoms with Crippen LogP contribution in [0.3, 0.4) is 0 Å². The summed E-state index contributed by atoms with van der Waals surface area (Å²) in [5, 5.41) is 0. The lowest BCUT2D eigenvalue weighted by atomic mass is 9.86. The average Bonchev–Trinajstić information content (AvgIpc) is 2.29. The first-order valence-corrected chi connectivity index (χ1v) is 6.11. The Balaban J connectivity index is 2.06. The third-order valence-corrected chi connectivity index (χ3v) is 3.63. The SMILES string of the molecule is CC1CCCC(N(C)c2ccc(N)nc2)C1. The van der Waals surface area contributed by atoms with E-state index in [0.29, 0.717) is 11.9 Å². The average molecular weight is 219 g/mol. The van der Waals surface area contributed by atoms with Crippen LogP contribution in [-0.4, -0.2) is 18.1 Å². The van der Waals surface area contributed by atoms with E-state index in [2.05, 4.69) is 29.9 Å². The van der Waals surface area contributed by atoms with Gasteiger partial charge in [-0.05, 0) is 30.9 Å². The molecule has 0 amide bonds. The number of rotatable bonds is 2. The molecular weight excluding hydrogens is 198 g/mol. The van der Waals surface area contributed by atoms with E-state index in [-0.39, 0.29) is 0 Å². The molecule has 1 saturated carbocycles. The number of nitrogens with two attached hydrogens (primary N) is 1. The molecule has 0 aliphatic heterocycles. The molecule has 0 aromatic carbocycles. The predicted octanol–water partition coefficient (Wildman–Crippen LogP) is 2.68. The fourth-order valence-electron chi connectivity index (χ4n) is 2.57. The van der Waals surface area contributed by atoms with E-state index in [1.807, 2.05) is 12.3 Å². The van der Waals surface area contributed by atoms with Crippen LogP contribution in [0.5, 0.6) is 0 Å². The number of anilines is 2. The fraction of sp³-hybridized carbons (Fsp3) is 0.615. The van der Waals surface area contributed by atoms with Crippen molar-refractivity contribution in [1.29, 1.82) is 0 Å². The third kappa shape index (κ3) is 2.46. The van der Waals surface area contributed by atoms with E-state index < -0.39 is 0 Å². The molecule has 0 radical (unpaired) electrons. The molecule has 1 aliphatic rings. The second kappa shape index (κ2) is 4.73. The van der Waals surface area contributed by atoms with Crippen LogP contribution >= 0.6 is 0 Å². The number of nitrogen functional groups attached to an aromatic ring is 1. The Morgan fingerprint density at radius 3 is 2.81 bits per heavy atom. The number of hydrogen-bond donors (Lipinski definition) is 1. The highest BCUT2D eigenvalue weighted by atomic mass is 15.1. The van der Waals surface area contributed by atoms with E-state index in [0.717, 1.165) is 5.92 Å². The van der Waals surface area contributed by atoms with Crippen molar-refractivity contribution in [3.05, 3.63) is 18.3 Å². The van der Waals surface area contributed by atoms with Gasteiger partial charge in [0.05, 0.1) is 11.9 Å². The number of hydrogen-bond acceptors (Lipinski definition) is 3. The summed E-state index contributed by atoms with van der Waals surface area (Å²) in [6.45, 7) is 2.35. The standard InChI is InChI=1S/C13H21N3/c1-10-4-3-5-11(8-10)16(2)12-6-7-13(14)15-9-12/h6-7,9-11H,3-5,8H2,1-2H3,(H2,14,15). The smallest absolute Gasteiger partial charge is 0.123 e. The summed E-state index contributed by atoms with van der Waals surface area (Å²) in [4.78, 5) is 6.50. The van der Waals surface area contributed by atoms with Gasteiger partial charge in [-0.1, -0.05) is 19.8 Å². The van der Waals surface area contributed by atoms with Crippen molar-refractivity contribution in [3.8, 4) is 0 Å². The van der Waals surface area contributed by atoms with Crippen LogP contribution in [-0.2, 0) is 0 Å². The molecule has 2 rings (SSSR count). The topological polar surface area (TPSA) is 42.1 Å². The Labute approximate surface area is 97.7 Å². The molecule has 16 heavy (non-hydrogen) atoms. The molecule has 88 valence electrons. The van der Waals surface area contributed by atoms with Crippen molar-refractivity contribution >= 4 is 11.5 Å². The van der Waals surface area contributed by atoms with Crippen molar-refractivity contribution in [2.45, 2.75) is 38.6 Å². The maximum atomic E-state index is 5.60. The van der Waals surface area contributed by atoms with Crippen LogP contribution in [0.25, 0.3) is 0 Å². The summed E-state index contributed by atoms with van der Waals surface area (Å²) < 4.78 is 0. The van der Waals surface area contributed by atoms with Gasteiger partial charge in [0.15, 0.2) is 0 Å². The Bertz CT molecular complexity index is 334. The molecule has 0 saturated heterocycles. The van der Waals surface area contributed by atoms with Crippen molar-refractivity contribution in [2.24, 2.45) is 5.92 Å². The molecule has 3 nitrogen and oxygen atoms in total. The van der Waals surface area contributed by atoms with Gasteiger partial charge in [0.25, 0.3) is 0 Å². The van der Waals surface area contributed by atoms with Gasteiger partial charge >= 0.3 is 0 Å². The van der Waals surface area contributed by atoms with Gasteiger partial charge in [0.1, 0.15) is 5.82 Å². The molecule has 0 bridgehead atoms. The second-order valence-electron chi connectivity index (χ2n) is 4.98. The van der Waals surface area contributed by atoms with Crippen LogP contribution in [0.15, 0.2) is 18.3 Å². The molecule has 2 atom stereocenters. The molecule has 1 aromatic heterocycles. The van der Waals surface area contributed by atoms with Crippen molar-refractivity contribution in [3.63, 3.8) is 0 Å². The first kappa shape index (κ1) is 11.2. The first-order valence-electron chi connectivity index (χ1n) is 6.11. The Hall–Kier alpha value is -1.25. The van der Waals surface area contributed by atoms with Crippen molar-refractivity contribution in [1.82, 2.24) is 4.98 Å². The van der Waals surface area contributed by atoms with E-state index in [9.17, 15) is 0 Å². The zero-order valence-corrected chi connectivity index (χ0v) is 10.2. The van der Waals surface area contributed by atoms with Crippen molar-refractivity contribution < 1.29 is 0 Å². The fourth-order valence-corrected chi connectivity index (χ4v) is 2.57. The Kier molecular flexibility index (Phi) is 3.32. The molecule has 0 spiro atoms. The van der Waals surface area contributed by atoms with Gasteiger partial charge in [-0.25, -0.2) is 4.98 Å². The predicted molar refractivity (Wildman–Crippen MR) is 68.5 cm³/mol.